The summed E-state index contributed by atoms with van der Waals surface area (Å²) in [6.45, 7) is 0. The molecular weight excluding hydrogens is 581 g/mol. The maximum Gasteiger partial charge on any atom is 0.490 e. The number of benzene rings is 2. The molecule has 3 aromatic rings. The molecule has 0 bridgehead atoms. The van der Waals surface area contributed by atoms with E-state index in [0.717, 1.165) is 29.3 Å². The standard InChI is InChI=1S/C26H23ClN4O2S.C2HF3O2/c27-20-9-8-19(29-24(32)14-16-4-1-2-5-16)15-22(20)30-26-31-25(33)23(34-26)13-17-7-10-21-18(12-17)6-3-11-28-21;3-2(4,5)1(6)7/h3,6-13,15-16H,1-2,4-5,14H2,(H,29,32)(H,30,31,33);(H,6,7). The fraction of sp³-hybridized carbons (Fsp3) is 0.250. The molecule has 13 heteroatoms. The molecule has 1 saturated heterocycles. The Labute approximate surface area is 242 Å². The first-order valence-electron chi connectivity index (χ1n) is 12.5. The SMILES string of the molecule is O=C(CC1CCCC1)Nc1ccc(Cl)c(N=C2NC(=O)C(=Cc3ccc4ncccc4c3)S2)c1.O=C(O)C(F)(F)F. The van der Waals surface area contributed by atoms with Crippen LogP contribution in [0.4, 0.5) is 24.5 Å². The molecule has 2 heterocycles. The highest BCUT2D eigenvalue weighted by atomic mass is 35.5. The van der Waals surface area contributed by atoms with Gasteiger partial charge in [0.25, 0.3) is 5.91 Å². The van der Waals surface area contributed by atoms with Crippen LogP contribution in [0.15, 0.2) is 64.6 Å². The minimum Gasteiger partial charge on any atom is -0.475 e. The Morgan fingerprint density at radius 3 is 2.61 bits per heavy atom. The van der Waals surface area contributed by atoms with Crippen molar-refractivity contribution in [2.24, 2.45) is 10.9 Å². The van der Waals surface area contributed by atoms with Gasteiger partial charge in [0.2, 0.25) is 5.91 Å². The van der Waals surface area contributed by atoms with Crippen LogP contribution >= 0.6 is 23.4 Å². The van der Waals surface area contributed by atoms with Gasteiger partial charge in [0.05, 0.1) is 21.1 Å². The molecule has 5 rings (SSSR count). The summed E-state index contributed by atoms with van der Waals surface area (Å²) < 4.78 is 31.7. The van der Waals surface area contributed by atoms with Crippen LogP contribution in [-0.4, -0.2) is 39.2 Å². The molecule has 1 aromatic heterocycles. The number of nitrogens with zero attached hydrogens (tertiary/aromatic N) is 2. The highest BCUT2D eigenvalue weighted by Gasteiger charge is 2.38. The molecule has 0 unspecified atom stereocenters. The number of aromatic nitrogens is 1. The van der Waals surface area contributed by atoms with E-state index in [1.165, 1.54) is 24.6 Å². The molecule has 41 heavy (non-hydrogen) atoms. The second-order valence-electron chi connectivity index (χ2n) is 9.31. The van der Waals surface area contributed by atoms with Gasteiger partial charge in [-0.05, 0) is 78.6 Å². The Kier molecular flexibility index (Phi) is 9.66. The summed E-state index contributed by atoms with van der Waals surface area (Å²) in [4.78, 5) is 43.2. The van der Waals surface area contributed by atoms with E-state index in [0.29, 0.717) is 38.8 Å². The van der Waals surface area contributed by atoms with Crippen molar-refractivity contribution < 1.29 is 32.7 Å². The summed E-state index contributed by atoms with van der Waals surface area (Å²) in [7, 11) is 0. The Hall–Kier alpha value is -3.90. The van der Waals surface area contributed by atoms with Crippen molar-refractivity contribution in [3.63, 3.8) is 0 Å². The first-order valence-corrected chi connectivity index (χ1v) is 13.7. The molecule has 1 saturated carbocycles. The molecule has 3 N–H and O–H groups in total. The van der Waals surface area contributed by atoms with E-state index in [2.05, 4.69) is 20.6 Å². The largest absolute Gasteiger partial charge is 0.490 e. The smallest absolute Gasteiger partial charge is 0.475 e. The van der Waals surface area contributed by atoms with E-state index in [1.54, 1.807) is 24.4 Å². The van der Waals surface area contributed by atoms with E-state index in [9.17, 15) is 22.8 Å². The van der Waals surface area contributed by atoms with Crippen molar-refractivity contribution >= 4 is 74.7 Å². The number of aliphatic imine (C=N–C) groups is 1. The zero-order valence-corrected chi connectivity index (χ0v) is 22.9. The van der Waals surface area contributed by atoms with E-state index >= 15 is 0 Å². The van der Waals surface area contributed by atoms with Crippen LogP contribution in [0.2, 0.25) is 5.02 Å². The predicted molar refractivity (Wildman–Crippen MR) is 153 cm³/mol. The topological polar surface area (TPSA) is 121 Å². The van der Waals surface area contributed by atoms with E-state index in [4.69, 9.17) is 21.5 Å². The van der Waals surface area contributed by atoms with E-state index in [1.807, 2.05) is 36.4 Å². The monoisotopic (exact) mass is 604 g/mol. The molecule has 0 spiro atoms. The molecule has 214 valence electrons. The Bertz CT molecular complexity index is 1540. The van der Waals surface area contributed by atoms with Crippen LogP contribution in [0.5, 0.6) is 0 Å². The maximum absolute atomic E-state index is 12.5. The van der Waals surface area contributed by atoms with Gasteiger partial charge in [-0.2, -0.15) is 13.2 Å². The number of carboxylic acids is 1. The fourth-order valence-electron chi connectivity index (χ4n) is 4.29. The van der Waals surface area contributed by atoms with Gasteiger partial charge in [0, 0.05) is 23.7 Å². The lowest BCUT2D eigenvalue weighted by Crippen LogP contribution is -2.21. The number of carbonyl (C=O) groups excluding carboxylic acids is 2. The summed E-state index contributed by atoms with van der Waals surface area (Å²) in [6.07, 6.45) is 3.70. The van der Waals surface area contributed by atoms with Crippen LogP contribution < -0.4 is 10.6 Å². The number of amides is 2. The van der Waals surface area contributed by atoms with E-state index in [-0.39, 0.29) is 11.8 Å². The molecule has 1 aliphatic carbocycles. The summed E-state index contributed by atoms with van der Waals surface area (Å²) >= 11 is 7.60. The third-order valence-electron chi connectivity index (χ3n) is 6.22. The van der Waals surface area contributed by atoms with Crippen molar-refractivity contribution in [3.05, 3.63) is 70.2 Å². The van der Waals surface area contributed by atoms with Gasteiger partial charge < -0.3 is 15.7 Å². The predicted octanol–water partition coefficient (Wildman–Crippen LogP) is 6.93. The summed E-state index contributed by atoms with van der Waals surface area (Å²) in [6, 6.07) is 14.9. The van der Waals surface area contributed by atoms with E-state index < -0.39 is 12.1 Å². The van der Waals surface area contributed by atoms with Gasteiger partial charge in [-0.25, -0.2) is 9.79 Å². The van der Waals surface area contributed by atoms with Gasteiger partial charge in [-0.1, -0.05) is 36.6 Å². The minimum atomic E-state index is -5.08. The molecule has 0 radical (unpaired) electrons. The molecule has 8 nitrogen and oxygen atoms in total. The molecule has 0 atom stereocenters. The quantitative estimate of drug-likeness (QED) is 0.272. The lowest BCUT2D eigenvalue weighted by atomic mass is 10.0. The Morgan fingerprint density at radius 2 is 1.90 bits per heavy atom. The van der Waals surface area contributed by atoms with Gasteiger partial charge in [-0.15, -0.1) is 0 Å². The summed E-state index contributed by atoms with van der Waals surface area (Å²) in [5, 5.41) is 14.8. The zero-order valence-electron chi connectivity index (χ0n) is 21.4. The number of anilines is 1. The number of alkyl halides is 3. The molecular formula is C28H24ClF3N4O4S. The second kappa shape index (κ2) is 13.2. The van der Waals surface area contributed by atoms with Crippen LogP contribution in [-0.2, 0) is 14.4 Å². The maximum atomic E-state index is 12.5. The molecule has 1 aliphatic heterocycles. The first kappa shape index (κ1) is 30.1. The molecule has 2 amide bonds. The normalized spacial score (nSPS) is 17.4. The molecule has 2 aromatic carbocycles. The number of hydrogen-bond donors (Lipinski definition) is 3. The number of hydrogen-bond acceptors (Lipinski definition) is 6. The highest BCUT2D eigenvalue weighted by Crippen LogP contribution is 2.33. The molecule has 2 fully saturated rings. The Morgan fingerprint density at radius 1 is 1.17 bits per heavy atom. The van der Waals surface area contributed by atoms with Crippen molar-refractivity contribution in [2.75, 3.05) is 5.32 Å². The number of amidine groups is 1. The van der Waals surface area contributed by atoms with Gasteiger partial charge >= 0.3 is 12.1 Å². The number of pyridine rings is 1. The lowest BCUT2D eigenvalue weighted by Gasteiger charge is -2.10. The number of rotatable bonds is 5. The molecule has 2 aliphatic rings. The van der Waals surface area contributed by atoms with Crippen molar-refractivity contribution in [1.29, 1.82) is 0 Å². The third-order valence-corrected chi connectivity index (χ3v) is 7.45. The van der Waals surface area contributed by atoms with Crippen LogP contribution in [0.3, 0.4) is 0 Å². The average molecular weight is 605 g/mol. The average Bonchev–Trinajstić information content (AvgIpc) is 3.55. The van der Waals surface area contributed by atoms with Gasteiger partial charge in [-0.3, -0.25) is 14.6 Å². The van der Waals surface area contributed by atoms with Crippen molar-refractivity contribution in [1.82, 2.24) is 10.3 Å². The van der Waals surface area contributed by atoms with Gasteiger partial charge in [0.1, 0.15) is 0 Å². The number of carboxylic acid groups (broad SMARTS) is 1. The van der Waals surface area contributed by atoms with Gasteiger partial charge in [0.15, 0.2) is 5.17 Å². The lowest BCUT2D eigenvalue weighted by molar-refractivity contribution is -0.192. The minimum absolute atomic E-state index is 0.00664. The fourth-order valence-corrected chi connectivity index (χ4v) is 5.28. The Balaban J connectivity index is 0.000000493. The van der Waals surface area contributed by atoms with Crippen molar-refractivity contribution in [3.8, 4) is 0 Å². The third kappa shape index (κ3) is 8.54. The summed E-state index contributed by atoms with van der Waals surface area (Å²) in [5.41, 5.74) is 2.94. The number of fused-ring (bicyclic) bond motifs is 1. The number of nitrogens with one attached hydrogen (secondary N) is 2. The second-order valence-corrected chi connectivity index (χ2v) is 10.7. The number of carbonyl (C=O) groups is 3. The highest BCUT2D eigenvalue weighted by molar-refractivity contribution is 8.18. The van der Waals surface area contributed by atoms with Crippen LogP contribution in [0, 0.1) is 5.92 Å². The number of aliphatic carboxylic acids is 1. The zero-order chi connectivity index (χ0) is 29.6. The first-order chi connectivity index (χ1) is 19.5. The number of halogens is 4. The summed E-state index contributed by atoms with van der Waals surface area (Å²) in [5.74, 6) is -2.49. The number of thioether (sulfide) groups is 1. The van der Waals surface area contributed by atoms with Crippen molar-refractivity contribution in [2.45, 2.75) is 38.3 Å². The van der Waals surface area contributed by atoms with Crippen LogP contribution in [0.25, 0.3) is 17.0 Å². The van der Waals surface area contributed by atoms with Crippen LogP contribution in [0.1, 0.15) is 37.7 Å².